The second kappa shape index (κ2) is 8.99. The predicted molar refractivity (Wildman–Crippen MR) is 114 cm³/mol. The first-order valence-corrected chi connectivity index (χ1v) is 9.89. The van der Waals surface area contributed by atoms with Crippen LogP contribution >= 0.6 is 11.6 Å². The van der Waals surface area contributed by atoms with Crippen LogP contribution in [0.1, 0.15) is 0 Å². The molecule has 1 N–H and O–H groups in total. The third kappa shape index (κ3) is 4.56. The quantitative estimate of drug-likeness (QED) is 0.633. The van der Waals surface area contributed by atoms with E-state index in [1.807, 2.05) is 0 Å². The molecule has 9 heteroatoms. The Hall–Kier alpha value is -2.68. The summed E-state index contributed by atoms with van der Waals surface area (Å²) < 4.78 is 31.5. The summed E-state index contributed by atoms with van der Waals surface area (Å²) in [4.78, 5) is 10.8. The van der Waals surface area contributed by atoms with E-state index in [9.17, 15) is 4.39 Å². The topological polar surface area (TPSA) is 68.7 Å². The first kappa shape index (κ1) is 20.6. The van der Waals surface area contributed by atoms with Gasteiger partial charge in [0.1, 0.15) is 30.7 Å². The SMILES string of the molecule is COc1cc2ncnc(Nc3ccc(Cl)cc3F)c2cc1OCC1CN(C)CCO1. The zero-order valence-corrected chi connectivity index (χ0v) is 17.4. The third-order valence-electron chi connectivity index (χ3n) is 4.87. The Labute approximate surface area is 178 Å². The molecule has 1 saturated heterocycles. The van der Waals surface area contributed by atoms with Crippen molar-refractivity contribution in [3.8, 4) is 11.5 Å². The molecule has 1 unspecified atom stereocenters. The van der Waals surface area contributed by atoms with E-state index in [0.29, 0.717) is 46.5 Å². The maximum atomic E-state index is 14.2. The molecule has 2 aromatic carbocycles. The van der Waals surface area contributed by atoms with Crippen molar-refractivity contribution >= 4 is 34.0 Å². The number of benzene rings is 2. The van der Waals surface area contributed by atoms with Crippen LogP contribution in [0, 0.1) is 5.82 Å². The number of rotatable bonds is 6. The van der Waals surface area contributed by atoms with E-state index >= 15 is 0 Å². The number of aromatic nitrogens is 2. The molecule has 0 bridgehead atoms. The fourth-order valence-electron chi connectivity index (χ4n) is 3.30. The molecule has 0 aliphatic carbocycles. The number of likely N-dealkylation sites (N-methyl/N-ethyl adjacent to an activating group) is 1. The molecule has 0 radical (unpaired) electrons. The number of fused-ring (bicyclic) bond motifs is 1. The molecule has 1 fully saturated rings. The van der Waals surface area contributed by atoms with Crippen LogP contribution in [0.4, 0.5) is 15.9 Å². The Morgan fingerprint density at radius 1 is 1.27 bits per heavy atom. The van der Waals surface area contributed by atoms with Gasteiger partial charge >= 0.3 is 0 Å². The van der Waals surface area contributed by atoms with E-state index in [0.717, 1.165) is 13.1 Å². The van der Waals surface area contributed by atoms with Gasteiger partial charge in [-0.05, 0) is 31.3 Å². The van der Waals surface area contributed by atoms with Crippen molar-refractivity contribution in [1.29, 1.82) is 0 Å². The van der Waals surface area contributed by atoms with Gasteiger partial charge in [-0.3, -0.25) is 0 Å². The summed E-state index contributed by atoms with van der Waals surface area (Å²) in [7, 11) is 3.62. The molecule has 7 nitrogen and oxygen atoms in total. The Morgan fingerprint density at radius 2 is 2.13 bits per heavy atom. The highest BCUT2D eigenvalue weighted by Gasteiger charge is 2.20. The Kier molecular flexibility index (Phi) is 6.17. The highest BCUT2D eigenvalue weighted by molar-refractivity contribution is 6.30. The normalized spacial score (nSPS) is 17.1. The fraction of sp³-hybridized carbons (Fsp3) is 0.333. The van der Waals surface area contributed by atoms with Gasteiger partial charge in [-0.15, -0.1) is 0 Å². The molecule has 4 rings (SSSR count). The Balaban J connectivity index is 1.63. The van der Waals surface area contributed by atoms with Crippen LogP contribution < -0.4 is 14.8 Å². The second-order valence-electron chi connectivity index (χ2n) is 7.06. The number of nitrogens with one attached hydrogen (secondary N) is 1. The number of anilines is 2. The zero-order chi connectivity index (χ0) is 21.1. The van der Waals surface area contributed by atoms with Crippen molar-refractivity contribution in [1.82, 2.24) is 14.9 Å². The summed E-state index contributed by atoms with van der Waals surface area (Å²) in [6.07, 6.45) is 1.38. The van der Waals surface area contributed by atoms with Crippen molar-refractivity contribution in [3.05, 3.63) is 47.5 Å². The first-order chi connectivity index (χ1) is 14.5. The van der Waals surface area contributed by atoms with Gasteiger partial charge in [0.05, 0.1) is 24.9 Å². The van der Waals surface area contributed by atoms with Crippen molar-refractivity contribution in [3.63, 3.8) is 0 Å². The Bertz CT molecular complexity index is 1050. The molecule has 1 atom stereocenters. The average Bonchev–Trinajstić information content (AvgIpc) is 2.74. The van der Waals surface area contributed by atoms with E-state index in [2.05, 4.69) is 27.2 Å². The van der Waals surface area contributed by atoms with Gasteiger partial charge in [0.25, 0.3) is 0 Å². The second-order valence-corrected chi connectivity index (χ2v) is 7.49. The van der Waals surface area contributed by atoms with Gasteiger partial charge in [0.15, 0.2) is 11.5 Å². The molecule has 30 heavy (non-hydrogen) atoms. The Morgan fingerprint density at radius 3 is 2.90 bits per heavy atom. The van der Waals surface area contributed by atoms with Crippen LogP contribution in [0.3, 0.4) is 0 Å². The fourth-order valence-corrected chi connectivity index (χ4v) is 3.46. The minimum absolute atomic E-state index is 0.0306. The first-order valence-electron chi connectivity index (χ1n) is 9.51. The van der Waals surface area contributed by atoms with Crippen LogP contribution in [0.5, 0.6) is 11.5 Å². The van der Waals surface area contributed by atoms with Crippen molar-refractivity contribution in [2.75, 3.05) is 45.8 Å². The largest absolute Gasteiger partial charge is 0.493 e. The number of morpholine rings is 1. The number of hydrogen-bond donors (Lipinski definition) is 1. The molecular weight excluding hydrogens is 411 g/mol. The van der Waals surface area contributed by atoms with Crippen molar-refractivity contribution < 1.29 is 18.6 Å². The number of methoxy groups -OCH3 is 1. The summed E-state index contributed by atoms with van der Waals surface area (Å²) in [5, 5.41) is 4.00. The predicted octanol–water partition coefficient (Wildman–Crippen LogP) is 3.88. The molecule has 1 aliphatic rings. The van der Waals surface area contributed by atoms with Gasteiger partial charge in [0.2, 0.25) is 0 Å². The summed E-state index contributed by atoms with van der Waals surface area (Å²) in [6, 6.07) is 7.96. The van der Waals surface area contributed by atoms with E-state index in [4.69, 9.17) is 25.8 Å². The van der Waals surface area contributed by atoms with E-state index in [-0.39, 0.29) is 11.8 Å². The highest BCUT2D eigenvalue weighted by atomic mass is 35.5. The summed E-state index contributed by atoms with van der Waals surface area (Å²) >= 11 is 5.84. The lowest BCUT2D eigenvalue weighted by Crippen LogP contribution is -2.42. The van der Waals surface area contributed by atoms with E-state index in [1.165, 1.54) is 12.4 Å². The average molecular weight is 433 g/mol. The lowest BCUT2D eigenvalue weighted by atomic mass is 10.2. The van der Waals surface area contributed by atoms with Gasteiger partial charge < -0.3 is 24.4 Å². The highest BCUT2D eigenvalue weighted by Crippen LogP contribution is 2.35. The molecule has 0 spiro atoms. The zero-order valence-electron chi connectivity index (χ0n) is 16.7. The lowest BCUT2D eigenvalue weighted by Gasteiger charge is -2.30. The van der Waals surface area contributed by atoms with Crippen LogP contribution in [0.2, 0.25) is 5.02 Å². The van der Waals surface area contributed by atoms with Crippen LogP contribution in [0.15, 0.2) is 36.7 Å². The van der Waals surface area contributed by atoms with Crippen molar-refractivity contribution in [2.24, 2.45) is 0 Å². The number of hydrogen-bond acceptors (Lipinski definition) is 7. The number of nitrogens with zero attached hydrogens (tertiary/aromatic N) is 3. The standard InChI is InChI=1S/C21H22ClFN4O3/c1-27-5-6-29-14(10-27)11-30-20-8-15-18(9-19(20)28-2)24-12-25-21(15)26-17-4-3-13(22)7-16(17)23/h3-4,7-9,12,14H,5-6,10-11H2,1-2H3,(H,24,25,26). The number of halogens is 2. The summed E-state index contributed by atoms with van der Waals surface area (Å²) in [6.45, 7) is 2.76. The van der Waals surface area contributed by atoms with Crippen molar-refractivity contribution in [2.45, 2.75) is 6.10 Å². The molecule has 3 aromatic rings. The third-order valence-corrected chi connectivity index (χ3v) is 5.11. The molecule has 1 aliphatic heterocycles. The molecular formula is C21H22ClFN4O3. The molecule has 0 amide bonds. The lowest BCUT2D eigenvalue weighted by molar-refractivity contribution is -0.0406. The molecule has 1 aromatic heterocycles. The maximum Gasteiger partial charge on any atom is 0.162 e. The number of ether oxygens (including phenoxy) is 3. The minimum Gasteiger partial charge on any atom is -0.493 e. The smallest absolute Gasteiger partial charge is 0.162 e. The maximum absolute atomic E-state index is 14.2. The van der Waals surface area contributed by atoms with Crippen LogP contribution in [0.25, 0.3) is 10.9 Å². The molecule has 158 valence electrons. The van der Waals surface area contributed by atoms with E-state index < -0.39 is 5.82 Å². The van der Waals surface area contributed by atoms with Gasteiger partial charge in [-0.2, -0.15) is 0 Å². The molecule has 0 saturated carbocycles. The van der Waals surface area contributed by atoms with Crippen LogP contribution in [-0.2, 0) is 4.74 Å². The molecule has 2 heterocycles. The van der Waals surface area contributed by atoms with Gasteiger partial charge in [-0.1, -0.05) is 11.6 Å². The monoisotopic (exact) mass is 432 g/mol. The minimum atomic E-state index is -0.474. The summed E-state index contributed by atoms with van der Waals surface area (Å²) in [5.41, 5.74) is 0.899. The van der Waals surface area contributed by atoms with Gasteiger partial charge in [-0.25, -0.2) is 14.4 Å². The summed E-state index contributed by atoms with van der Waals surface area (Å²) in [5.74, 6) is 1.06. The van der Waals surface area contributed by atoms with Gasteiger partial charge in [0, 0.05) is 29.6 Å². The van der Waals surface area contributed by atoms with E-state index in [1.54, 1.807) is 31.4 Å². The van der Waals surface area contributed by atoms with Crippen LogP contribution in [-0.4, -0.2) is 61.4 Å².